The maximum atomic E-state index is 9.26. The molecule has 1 aromatic rings. The summed E-state index contributed by atoms with van der Waals surface area (Å²) in [7, 11) is 2.05. The second kappa shape index (κ2) is 5.87. The third-order valence-electron chi connectivity index (χ3n) is 2.79. The Kier molecular flexibility index (Phi) is 4.77. The molecule has 1 atom stereocenters. The number of benzene rings is 1. The molecule has 0 aliphatic rings. The molecule has 0 radical (unpaired) electrons. The minimum Gasteiger partial charge on any atom is -0.393 e. The van der Waals surface area contributed by atoms with Crippen LogP contribution in [0.5, 0.6) is 0 Å². The van der Waals surface area contributed by atoms with Gasteiger partial charge in [0.1, 0.15) is 0 Å². The van der Waals surface area contributed by atoms with Crippen LogP contribution in [0, 0.1) is 6.92 Å². The summed E-state index contributed by atoms with van der Waals surface area (Å²) in [6.07, 6.45) is 0.542. The Morgan fingerprint density at radius 2 is 2.12 bits per heavy atom. The highest BCUT2D eigenvalue weighted by atomic mass is 16.3. The van der Waals surface area contributed by atoms with E-state index >= 15 is 0 Å². The molecule has 0 saturated carbocycles. The van der Waals surface area contributed by atoms with E-state index in [0.717, 1.165) is 18.5 Å². The van der Waals surface area contributed by atoms with Crippen molar-refractivity contribution in [1.82, 2.24) is 0 Å². The number of aliphatic hydroxyl groups excluding tert-OH is 1. The van der Waals surface area contributed by atoms with Crippen LogP contribution in [-0.4, -0.2) is 24.8 Å². The van der Waals surface area contributed by atoms with Gasteiger partial charge in [0.2, 0.25) is 0 Å². The highest BCUT2D eigenvalue weighted by Crippen LogP contribution is 2.20. The number of hydrogen-bond donors (Lipinski definition) is 2. The zero-order valence-electron chi connectivity index (χ0n) is 10.4. The van der Waals surface area contributed by atoms with Gasteiger partial charge in [-0.25, -0.2) is 0 Å². The van der Waals surface area contributed by atoms with Gasteiger partial charge in [-0.05, 0) is 37.5 Å². The third kappa shape index (κ3) is 3.51. The largest absolute Gasteiger partial charge is 0.393 e. The van der Waals surface area contributed by atoms with Gasteiger partial charge in [-0.3, -0.25) is 0 Å². The highest BCUT2D eigenvalue weighted by Gasteiger charge is 2.06. The van der Waals surface area contributed by atoms with Gasteiger partial charge in [0, 0.05) is 25.8 Å². The van der Waals surface area contributed by atoms with Crippen molar-refractivity contribution in [3.8, 4) is 0 Å². The zero-order chi connectivity index (χ0) is 12.1. The quantitative estimate of drug-likeness (QED) is 0.796. The van der Waals surface area contributed by atoms with Crippen molar-refractivity contribution in [2.45, 2.75) is 32.9 Å². The molecule has 3 N–H and O–H groups in total. The highest BCUT2D eigenvalue weighted by molar-refractivity contribution is 5.53. The fourth-order valence-corrected chi connectivity index (χ4v) is 1.77. The molecule has 16 heavy (non-hydrogen) atoms. The van der Waals surface area contributed by atoms with E-state index in [1.807, 2.05) is 14.0 Å². The molecule has 90 valence electrons. The SMILES string of the molecule is Cc1cc(CN)ccc1N(C)CCC(C)O. The van der Waals surface area contributed by atoms with Crippen molar-refractivity contribution >= 4 is 5.69 Å². The normalized spacial score (nSPS) is 12.6. The molecule has 0 aliphatic heterocycles. The molecule has 0 fully saturated rings. The molecule has 0 bridgehead atoms. The van der Waals surface area contributed by atoms with E-state index in [9.17, 15) is 5.11 Å². The smallest absolute Gasteiger partial charge is 0.0528 e. The number of aryl methyl sites for hydroxylation is 1. The molecule has 3 nitrogen and oxygen atoms in total. The third-order valence-corrected chi connectivity index (χ3v) is 2.79. The summed E-state index contributed by atoms with van der Waals surface area (Å²) in [5, 5.41) is 9.26. The molecule has 1 rings (SSSR count). The lowest BCUT2D eigenvalue weighted by molar-refractivity contribution is 0.187. The van der Waals surface area contributed by atoms with E-state index < -0.39 is 0 Å². The Balaban J connectivity index is 2.71. The molecule has 0 heterocycles. The number of aliphatic hydroxyl groups is 1. The maximum absolute atomic E-state index is 9.26. The Morgan fingerprint density at radius 1 is 1.44 bits per heavy atom. The first-order valence-corrected chi connectivity index (χ1v) is 5.73. The van der Waals surface area contributed by atoms with Crippen molar-refractivity contribution in [3.05, 3.63) is 29.3 Å². The number of nitrogens with two attached hydrogens (primary N) is 1. The first-order chi connectivity index (χ1) is 7.54. The van der Waals surface area contributed by atoms with Crippen LogP contribution in [0.25, 0.3) is 0 Å². The minimum atomic E-state index is -0.244. The van der Waals surface area contributed by atoms with E-state index in [-0.39, 0.29) is 6.10 Å². The van der Waals surface area contributed by atoms with Crippen LogP contribution in [0.15, 0.2) is 18.2 Å². The molecular formula is C13H22N2O. The first kappa shape index (κ1) is 13.0. The summed E-state index contributed by atoms with van der Waals surface area (Å²) in [5.74, 6) is 0. The summed E-state index contributed by atoms with van der Waals surface area (Å²) >= 11 is 0. The average Bonchev–Trinajstić information content (AvgIpc) is 2.25. The summed E-state index contributed by atoms with van der Waals surface area (Å²) in [6.45, 7) is 5.35. The van der Waals surface area contributed by atoms with Crippen molar-refractivity contribution < 1.29 is 5.11 Å². The standard InChI is InChI=1S/C13H22N2O/c1-10-8-12(9-14)4-5-13(10)15(3)7-6-11(2)16/h4-5,8,11,16H,6-7,9,14H2,1-3H3. The van der Waals surface area contributed by atoms with Crippen molar-refractivity contribution in [1.29, 1.82) is 0 Å². The van der Waals surface area contributed by atoms with Gasteiger partial charge in [0.25, 0.3) is 0 Å². The van der Waals surface area contributed by atoms with E-state index in [2.05, 4.69) is 30.0 Å². The second-order valence-corrected chi connectivity index (χ2v) is 4.38. The molecule has 0 aromatic heterocycles. The van der Waals surface area contributed by atoms with Gasteiger partial charge >= 0.3 is 0 Å². The number of hydrogen-bond acceptors (Lipinski definition) is 3. The molecule has 0 saturated heterocycles. The Bertz CT molecular complexity index is 337. The molecule has 0 amide bonds. The molecular weight excluding hydrogens is 200 g/mol. The van der Waals surface area contributed by atoms with Crippen LogP contribution in [0.3, 0.4) is 0 Å². The van der Waals surface area contributed by atoms with Crippen LogP contribution in [0.1, 0.15) is 24.5 Å². The lowest BCUT2D eigenvalue weighted by Gasteiger charge is -2.22. The fourth-order valence-electron chi connectivity index (χ4n) is 1.77. The first-order valence-electron chi connectivity index (χ1n) is 5.73. The minimum absolute atomic E-state index is 0.244. The summed E-state index contributed by atoms with van der Waals surface area (Å²) in [4.78, 5) is 2.17. The lowest BCUT2D eigenvalue weighted by Crippen LogP contribution is -2.22. The lowest BCUT2D eigenvalue weighted by atomic mass is 10.1. The van der Waals surface area contributed by atoms with E-state index in [1.165, 1.54) is 11.3 Å². The zero-order valence-corrected chi connectivity index (χ0v) is 10.4. The Hall–Kier alpha value is -1.06. The topological polar surface area (TPSA) is 49.5 Å². The van der Waals surface area contributed by atoms with Gasteiger partial charge in [-0.15, -0.1) is 0 Å². The van der Waals surface area contributed by atoms with Gasteiger partial charge < -0.3 is 15.7 Å². The summed E-state index contributed by atoms with van der Waals surface area (Å²) in [5.41, 5.74) is 9.19. The van der Waals surface area contributed by atoms with Gasteiger partial charge in [-0.1, -0.05) is 12.1 Å². The van der Waals surface area contributed by atoms with E-state index in [1.54, 1.807) is 0 Å². The van der Waals surface area contributed by atoms with E-state index in [0.29, 0.717) is 6.54 Å². The predicted molar refractivity (Wildman–Crippen MR) is 68.6 cm³/mol. The fraction of sp³-hybridized carbons (Fsp3) is 0.538. The Labute approximate surface area is 97.9 Å². The van der Waals surface area contributed by atoms with Crippen molar-refractivity contribution in [2.75, 3.05) is 18.5 Å². The summed E-state index contributed by atoms with van der Waals surface area (Å²) < 4.78 is 0. The van der Waals surface area contributed by atoms with Crippen LogP contribution in [0.2, 0.25) is 0 Å². The Morgan fingerprint density at radius 3 is 2.62 bits per heavy atom. The van der Waals surface area contributed by atoms with Crippen molar-refractivity contribution in [2.24, 2.45) is 5.73 Å². The number of nitrogens with zero attached hydrogens (tertiary/aromatic N) is 1. The predicted octanol–water partition coefficient (Wildman–Crippen LogP) is 1.66. The second-order valence-electron chi connectivity index (χ2n) is 4.38. The maximum Gasteiger partial charge on any atom is 0.0528 e. The van der Waals surface area contributed by atoms with Crippen LogP contribution in [0.4, 0.5) is 5.69 Å². The molecule has 1 unspecified atom stereocenters. The van der Waals surface area contributed by atoms with E-state index in [4.69, 9.17) is 5.73 Å². The van der Waals surface area contributed by atoms with Crippen LogP contribution in [-0.2, 0) is 6.54 Å². The van der Waals surface area contributed by atoms with Crippen LogP contribution < -0.4 is 10.6 Å². The number of anilines is 1. The number of rotatable bonds is 5. The van der Waals surface area contributed by atoms with Crippen molar-refractivity contribution in [3.63, 3.8) is 0 Å². The summed E-state index contributed by atoms with van der Waals surface area (Å²) in [6, 6.07) is 6.27. The molecule has 3 heteroatoms. The van der Waals surface area contributed by atoms with Gasteiger partial charge in [0.05, 0.1) is 6.10 Å². The molecule has 1 aromatic carbocycles. The van der Waals surface area contributed by atoms with Crippen LogP contribution >= 0.6 is 0 Å². The average molecular weight is 222 g/mol. The molecule has 0 aliphatic carbocycles. The van der Waals surface area contributed by atoms with Gasteiger partial charge in [0.15, 0.2) is 0 Å². The van der Waals surface area contributed by atoms with Gasteiger partial charge in [-0.2, -0.15) is 0 Å². The monoisotopic (exact) mass is 222 g/mol. The molecule has 0 spiro atoms.